The lowest BCUT2D eigenvalue weighted by Crippen LogP contribution is -2.30. The molecular formula is C25H27N3O5S. The van der Waals surface area contributed by atoms with Gasteiger partial charge in [0.05, 0.1) is 4.90 Å². The molecule has 0 aliphatic rings. The van der Waals surface area contributed by atoms with Gasteiger partial charge in [-0.2, -0.15) is 0 Å². The summed E-state index contributed by atoms with van der Waals surface area (Å²) < 4.78 is 24.9. The van der Waals surface area contributed by atoms with Crippen LogP contribution >= 0.6 is 0 Å². The number of para-hydroxylation sites is 1. The van der Waals surface area contributed by atoms with Crippen LogP contribution < -0.4 is 10.5 Å². The largest absolute Gasteiger partial charge is 0.480 e. The predicted molar refractivity (Wildman–Crippen MR) is 131 cm³/mol. The van der Waals surface area contributed by atoms with Gasteiger partial charge in [-0.15, -0.1) is 0 Å². The molecule has 178 valence electrons. The van der Waals surface area contributed by atoms with Crippen molar-refractivity contribution in [2.75, 3.05) is 6.54 Å². The van der Waals surface area contributed by atoms with Crippen LogP contribution in [0.5, 0.6) is 0 Å². The first kappa shape index (κ1) is 25.1. The van der Waals surface area contributed by atoms with Crippen molar-refractivity contribution in [2.24, 2.45) is 5.14 Å². The van der Waals surface area contributed by atoms with Crippen molar-refractivity contribution < 1.29 is 23.8 Å². The van der Waals surface area contributed by atoms with Gasteiger partial charge in [-0.05, 0) is 35.7 Å². The van der Waals surface area contributed by atoms with Crippen LogP contribution in [-0.4, -0.2) is 36.1 Å². The molecule has 0 saturated heterocycles. The molecule has 9 heteroatoms. The summed E-state index contributed by atoms with van der Waals surface area (Å²) in [6.45, 7) is 1.05. The Labute approximate surface area is 198 Å². The molecule has 4 aromatic rings. The van der Waals surface area contributed by atoms with Crippen LogP contribution in [-0.2, 0) is 27.8 Å². The number of benzene rings is 3. The van der Waals surface area contributed by atoms with E-state index >= 15 is 0 Å². The Morgan fingerprint density at radius 2 is 1.59 bits per heavy atom. The smallest absolute Gasteiger partial charge is 0.325 e. The Morgan fingerprint density at radius 1 is 0.941 bits per heavy atom. The van der Waals surface area contributed by atoms with E-state index in [0.717, 1.165) is 22.0 Å². The highest BCUT2D eigenvalue weighted by molar-refractivity contribution is 7.89. The predicted octanol–water partition coefficient (Wildman–Crippen LogP) is 2.47. The van der Waals surface area contributed by atoms with Gasteiger partial charge in [0.25, 0.3) is 0 Å². The van der Waals surface area contributed by atoms with Crippen LogP contribution in [0.25, 0.3) is 10.9 Å². The van der Waals surface area contributed by atoms with Gasteiger partial charge in [0.15, 0.2) is 0 Å². The van der Waals surface area contributed by atoms with Crippen molar-refractivity contribution in [1.82, 2.24) is 9.88 Å². The Morgan fingerprint density at radius 3 is 2.24 bits per heavy atom. The second-order valence-electron chi connectivity index (χ2n) is 7.88. The molecular weight excluding hydrogens is 454 g/mol. The number of fused-ring (bicyclic) bond motifs is 1. The number of sulfonamides is 1. The number of carboxylic acid groups (broad SMARTS) is 1. The van der Waals surface area contributed by atoms with Crippen molar-refractivity contribution >= 4 is 26.9 Å². The second kappa shape index (κ2) is 10.6. The van der Waals surface area contributed by atoms with Crippen LogP contribution in [0.2, 0.25) is 0 Å². The van der Waals surface area contributed by atoms with E-state index in [1.807, 2.05) is 60.8 Å². The summed E-state index contributed by atoms with van der Waals surface area (Å²) in [6, 6.07) is 23.2. The van der Waals surface area contributed by atoms with E-state index < -0.39 is 22.0 Å². The average Bonchev–Trinajstić information content (AvgIpc) is 3.15. The molecule has 1 aromatic heterocycles. The van der Waals surface area contributed by atoms with Gasteiger partial charge >= 0.3 is 5.97 Å². The molecule has 8 nitrogen and oxygen atoms in total. The number of aliphatic carboxylic acids is 1. The SMILES string of the molecule is NS(=O)(=O)c1ccc(CCNC(C(=O)O)c2cn(Cc3ccccc3)c3ccccc23)cc1.O. The highest BCUT2D eigenvalue weighted by Crippen LogP contribution is 2.28. The normalized spacial score (nSPS) is 12.3. The maximum absolute atomic E-state index is 12.2. The van der Waals surface area contributed by atoms with Crippen molar-refractivity contribution in [3.8, 4) is 0 Å². The van der Waals surface area contributed by atoms with Gasteiger partial charge in [-0.1, -0.05) is 60.7 Å². The maximum Gasteiger partial charge on any atom is 0.325 e. The van der Waals surface area contributed by atoms with Gasteiger partial charge in [0.2, 0.25) is 10.0 Å². The lowest BCUT2D eigenvalue weighted by molar-refractivity contribution is -0.139. The molecule has 34 heavy (non-hydrogen) atoms. The number of nitrogens with two attached hydrogens (primary N) is 1. The minimum absolute atomic E-state index is 0. The summed E-state index contributed by atoms with van der Waals surface area (Å²) in [6.07, 6.45) is 2.45. The van der Waals surface area contributed by atoms with Gasteiger partial charge < -0.3 is 20.5 Å². The molecule has 0 aliphatic carbocycles. The van der Waals surface area contributed by atoms with Crippen molar-refractivity contribution in [3.63, 3.8) is 0 Å². The number of rotatable bonds is 9. The molecule has 0 fully saturated rings. The fourth-order valence-corrected chi connectivity index (χ4v) is 4.47. The molecule has 4 rings (SSSR count). The van der Waals surface area contributed by atoms with E-state index in [2.05, 4.69) is 9.88 Å². The summed E-state index contributed by atoms with van der Waals surface area (Å²) >= 11 is 0. The highest BCUT2D eigenvalue weighted by atomic mass is 32.2. The second-order valence-corrected chi connectivity index (χ2v) is 9.44. The molecule has 1 heterocycles. The van der Waals surface area contributed by atoms with E-state index in [0.29, 0.717) is 25.1 Å². The van der Waals surface area contributed by atoms with E-state index in [1.165, 1.54) is 12.1 Å². The third-order valence-electron chi connectivity index (χ3n) is 5.59. The first-order valence-electron chi connectivity index (χ1n) is 10.5. The summed E-state index contributed by atoms with van der Waals surface area (Å²) in [5.74, 6) is -0.956. The molecule has 3 aromatic carbocycles. The average molecular weight is 482 g/mol. The Hall–Kier alpha value is -3.50. The van der Waals surface area contributed by atoms with Crippen molar-refractivity contribution in [1.29, 1.82) is 0 Å². The quantitative estimate of drug-likeness (QED) is 0.336. The van der Waals surface area contributed by atoms with Crippen LogP contribution in [0.4, 0.5) is 0 Å². The first-order valence-corrected chi connectivity index (χ1v) is 12.1. The minimum atomic E-state index is -3.74. The Balaban J connectivity index is 0.00000324. The number of primary sulfonamides is 1. The van der Waals surface area contributed by atoms with E-state index in [-0.39, 0.29) is 10.4 Å². The lowest BCUT2D eigenvalue weighted by atomic mass is 10.1. The van der Waals surface area contributed by atoms with Crippen molar-refractivity contribution in [3.05, 3.63) is 102 Å². The van der Waals surface area contributed by atoms with Crippen LogP contribution in [0, 0.1) is 0 Å². The number of carbonyl (C=O) groups is 1. The van der Waals surface area contributed by atoms with E-state index in [9.17, 15) is 18.3 Å². The molecule has 1 unspecified atom stereocenters. The highest BCUT2D eigenvalue weighted by Gasteiger charge is 2.23. The lowest BCUT2D eigenvalue weighted by Gasteiger charge is -2.14. The number of aromatic nitrogens is 1. The molecule has 0 radical (unpaired) electrons. The van der Waals surface area contributed by atoms with Crippen LogP contribution in [0.15, 0.2) is 90.0 Å². The molecule has 6 N–H and O–H groups in total. The molecule has 0 amide bonds. The number of carboxylic acids is 1. The van der Waals surface area contributed by atoms with Crippen LogP contribution in [0.1, 0.15) is 22.7 Å². The zero-order chi connectivity index (χ0) is 23.4. The fourth-order valence-electron chi connectivity index (χ4n) is 3.95. The van der Waals surface area contributed by atoms with Gasteiger partial charge in [-0.25, -0.2) is 13.6 Å². The van der Waals surface area contributed by atoms with Gasteiger partial charge in [0, 0.05) is 35.8 Å². The van der Waals surface area contributed by atoms with Gasteiger partial charge in [-0.3, -0.25) is 4.79 Å². The summed E-state index contributed by atoms with van der Waals surface area (Å²) in [7, 11) is -3.74. The third-order valence-corrected chi connectivity index (χ3v) is 6.52. The van der Waals surface area contributed by atoms with Gasteiger partial charge in [0.1, 0.15) is 6.04 Å². The number of nitrogens with one attached hydrogen (secondary N) is 1. The zero-order valence-corrected chi connectivity index (χ0v) is 19.2. The van der Waals surface area contributed by atoms with Crippen LogP contribution in [0.3, 0.4) is 0 Å². The monoisotopic (exact) mass is 481 g/mol. The summed E-state index contributed by atoms with van der Waals surface area (Å²) in [5.41, 5.74) is 3.69. The number of nitrogens with zero attached hydrogens (tertiary/aromatic N) is 1. The molecule has 0 spiro atoms. The number of hydrogen-bond donors (Lipinski definition) is 3. The Bertz CT molecular complexity index is 1370. The molecule has 0 bridgehead atoms. The number of hydrogen-bond acceptors (Lipinski definition) is 4. The van der Waals surface area contributed by atoms with E-state index in [1.54, 1.807) is 12.1 Å². The van der Waals surface area contributed by atoms with Crippen molar-refractivity contribution in [2.45, 2.75) is 23.9 Å². The standard InChI is InChI=1S/C25H25N3O4S.H2O/c26-33(31,32)20-12-10-18(11-13-20)14-15-27-24(25(29)30)22-17-28(16-19-6-2-1-3-7-19)23-9-5-4-8-21(22)23;/h1-13,17,24,27H,14-16H2,(H,29,30)(H2,26,31,32);1H2. The topological polar surface area (TPSA) is 146 Å². The zero-order valence-electron chi connectivity index (χ0n) is 18.4. The fraction of sp³-hybridized carbons (Fsp3) is 0.160. The molecule has 1 atom stereocenters. The Kier molecular flexibility index (Phi) is 7.85. The summed E-state index contributed by atoms with van der Waals surface area (Å²) in [5, 5.41) is 19.1. The third kappa shape index (κ3) is 5.70. The molecule has 0 saturated carbocycles. The maximum atomic E-state index is 12.2. The minimum Gasteiger partial charge on any atom is -0.480 e. The summed E-state index contributed by atoms with van der Waals surface area (Å²) in [4.78, 5) is 12.2. The molecule has 0 aliphatic heterocycles. The van der Waals surface area contributed by atoms with E-state index in [4.69, 9.17) is 5.14 Å². The first-order chi connectivity index (χ1) is 15.8.